The number of carbonyl (C=O) groups excluding carboxylic acids is 3. The SMILES string of the molecule is CCOC(=O)CN1CCCc2c1c(-c1ccc(F)c(F)c1)nn2C(=O)NC(C(=O)NC)C(C)(C)C. The van der Waals surface area contributed by atoms with Crippen molar-refractivity contribution < 1.29 is 27.9 Å². The van der Waals surface area contributed by atoms with E-state index in [0.717, 1.165) is 16.8 Å². The zero-order valence-electron chi connectivity index (χ0n) is 20.6. The van der Waals surface area contributed by atoms with Gasteiger partial charge in [0.2, 0.25) is 5.91 Å². The Morgan fingerprint density at radius 3 is 2.51 bits per heavy atom. The molecule has 2 heterocycles. The van der Waals surface area contributed by atoms with Gasteiger partial charge in [-0.3, -0.25) is 9.59 Å². The predicted molar refractivity (Wildman–Crippen MR) is 126 cm³/mol. The third-order valence-corrected chi connectivity index (χ3v) is 5.76. The topological polar surface area (TPSA) is 106 Å². The first-order valence-corrected chi connectivity index (χ1v) is 11.5. The smallest absolute Gasteiger partial charge is 0.343 e. The summed E-state index contributed by atoms with van der Waals surface area (Å²) >= 11 is 0. The number of fused-ring (bicyclic) bond motifs is 1. The molecule has 2 aromatic rings. The van der Waals surface area contributed by atoms with Crippen molar-refractivity contribution in [2.24, 2.45) is 5.41 Å². The molecule has 0 saturated carbocycles. The van der Waals surface area contributed by atoms with Gasteiger partial charge < -0.3 is 20.3 Å². The lowest BCUT2D eigenvalue weighted by Gasteiger charge is -2.31. The Balaban J connectivity index is 2.10. The molecular formula is C24H31F2N5O4. The van der Waals surface area contributed by atoms with Crippen molar-refractivity contribution >= 4 is 23.6 Å². The second-order valence-corrected chi connectivity index (χ2v) is 9.38. The zero-order chi connectivity index (χ0) is 25.9. The number of carbonyl (C=O) groups is 3. The Morgan fingerprint density at radius 2 is 1.91 bits per heavy atom. The lowest BCUT2D eigenvalue weighted by Crippen LogP contribution is -2.54. The number of nitrogens with one attached hydrogen (secondary N) is 2. The molecular weight excluding hydrogens is 460 g/mol. The summed E-state index contributed by atoms with van der Waals surface area (Å²) in [5.41, 5.74) is 0.855. The van der Waals surface area contributed by atoms with Crippen LogP contribution in [0, 0.1) is 17.0 Å². The van der Waals surface area contributed by atoms with Gasteiger partial charge in [-0.05, 0) is 43.4 Å². The first-order chi connectivity index (χ1) is 16.5. The zero-order valence-corrected chi connectivity index (χ0v) is 20.6. The molecule has 11 heteroatoms. The van der Waals surface area contributed by atoms with Gasteiger partial charge in [0.25, 0.3) is 0 Å². The monoisotopic (exact) mass is 491 g/mol. The second kappa shape index (κ2) is 10.4. The Bertz CT molecular complexity index is 1130. The molecule has 0 spiro atoms. The second-order valence-electron chi connectivity index (χ2n) is 9.38. The standard InChI is InChI=1S/C24H31F2N5O4/c1-6-35-18(32)13-30-11-7-8-17-20(30)19(14-9-10-15(25)16(26)12-14)29-31(17)23(34)28-21(22(33)27-5)24(2,3)4/h9-10,12,21H,6-8,11,13H2,1-5H3,(H,27,33)(H,28,34). The molecule has 190 valence electrons. The number of hydrogen-bond acceptors (Lipinski definition) is 6. The highest BCUT2D eigenvalue weighted by Crippen LogP contribution is 2.37. The summed E-state index contributed by atoms with van der Waals surface area (Å²) in [6.45, 7) is 7.77. The lowest BCUT2D eigenvalue weighted by atomic mass is 9.86. The maximum absolute atomic E-state index is 14.1. The molecule has 1 atom stereocenters. The molecule has 1 aromatic heterocycles. The fraction of sp³-hybridized carbons (Fsp3) is 0.500. The Kier molecular flexibility index (Phi) is 7.76. The van der Waals surface area contributed by atoms with E-state index in [1.54, 1.807) is 11.8 Å². The van der Waals surface area contributed by atoms with Gasteiger partial charge in [0.1, 0.15) is 18.3 Å². The van der Waals surface area contributed by atoms with Gasteiger partial charge in [0, 0.05) is 19.2 Å². The van der Waals surface area contributed by atoms with Gasteiger partial charge in [0.05, 0.1) is 18.0 Å². The summed E-state index contributed by atoms with van der Waals surface area (Å²) in [5, 5.41) is 9.74. The molecule has 2 amide bonds. The average Bonchev–Trinajstić information content (AvgIpc) is 3.19. The molecule has 0 radical (unpaired) electrons. The van der Waals surface area contributed by atoms with Crippen LogP contribution in [0.2, 0.25) is 0 Å². The molecule has 1 aromatic carbocycles. The van der Waals surface area contributed by atoms with E-state index in [2.05, 4.69) is 15.7 Å². The molecule has 35 heavy (non-hydrogen) atoms. The largest absolute Gasteiger partial charge is 0.465 e. The number of nitrogens with zero attached hydrogens (tertiary/aromatic N) is 3. The fourth-order valence-corrected chi connectivity index (χ4v) is 4.08. The van der Waals surface area contributed by atoms with Crippen LogP contribution in [0.3, 0.4) is 0 Å². The van der Waals surface area contributed by atoms with E-state index >= 15 is 0 Å². The van der Waals surface area contributed by atoms with Gasteiger partial charge >= 0.3 is 12.0 Å². The minimum atomic E-state index is -1.06. The van der Waals surface area contributed by atoms with Crippen molar-refractivity contribution in [1.82, 2.24) is 20.4 Å². The van der Waals surface area contributed by atoms with Crippen LogP contribution in [0.5, 0.6) is 0 Å². The Hall–Kier alpha value is -3.50. The first-order valence-electron chi connectivity index (χ1n) is 11.5. The van der Waals surface area contributed by atoms with Crippen molar-refractivity contribution in [3.63, 3.8) is 0 Å². The number of hydrogen-bond donors (Lipinski definition) is 2. The van der Waals surface area contributed by atoms with Crippen LogP contribution in [0.4, 0.5) is 19.3 Å². The fourth-order valence-electron chi connectivity index (χ4n) is 4.08. The average molecular weight is 492 g/mol. The van der Waals surface area contributed by atoms with E-state index in [0.29, 0.717) is 30.8 Å². The van der Waals surface area contributed by atoms with Crippen molar-refractivity contribution in [3.05, 3.63) is 35.5 Å². The number of esters is 1. The molecule has 0 bridgehead atoms. The molecule has 2 N–H and O–H groups in total. The van der Waals surface area contributed by atoms with E-state index in [1.165, 1.54) is 13.1 Å². The van der Waals surface area contributed by atoms with Crippen molar-refractivity contribution in [3.8, 4) is 11.3 Å². The first kappa shape index (κ1) is 26.1. The van der Waals surface area contributed by atoms with Gasteiger partial charge in [-0.1, -0.05) is 20.8 Å². The maximum atomic E-state index is 14.1. The summed E-state index contributed by atoms with van der Waals surface area (Å²) in [6, 6.07) is 1.85. The summed E-state index contributed by atoms with van der Waals surface area (Å²) in [5.74, 6) is -2.89. The highest BCUT2D eigenvalue weighted by molar-refractivity contribution is 5.91. The number of rotatable bonds is 6. The molecule has 9 nitrogen and oxygen atoms in total. The van der Waals surface area contributed by atoms with Gasteiger partial charge in [-0.15, -0.1) is 0 Å². The van der Waals surface area contributed by atoms with E-state index in [9.17, 15) is 23.2 Å². The highest BCUT2D eigenvalue weighted by Gasteiger charge is 2.35. The minimum Gasteiger partial charge on any atom is -0.465 e. The third kappa shape index (κ3) is 5.60. The molecule has 0 aliphatic carbocycles. The number of benzene rings is 1. The lowest BCUT2D eigenvalue weighted by molar-refractivity contribution is -0.141. The van der Waals surface area contributed by atoms with Crippen LogP contribution in [0.15, 0.2) is 18.2 Å². The molecule has 3 rings (SSSR count). The highest BCUT2D eigenvalue weighted by atomic mass is 19.2. The summed E-state index contributed by atoms with van der Waals surface area (Å²) in [7, 11) is 1.48. The predicted octanol–water partition coefficient (Wildman–Crippen LogP) is 2.86. The number of likely N-dealkylation sites (N-methyl/N-ethyl adjacent to an activating group) is 1. The third-order valence-electron chi connectivity index (χ3n) is 5.76. The van der Waals surface area contributed by atoms with Gasteiger partial charge in [-0.2, -0.15) is 9.78 Å². The summed E-state index contributed by atoms with van der Waals surface area (Å²) in [4.78, 5) is 39.8. The number of amides is 2. The Labute approximate surface area is 202 Å². The summed E-state index contributed by atoms with van der Waals surface area (Å²) < 4.78 is 33.9. The van der Waals surface area contributed by atoms with Crippen molar-refractivity contribution in [1.29, 1.82) is 0 Å². The molecule has 0 saturated heterocycles. The number of halogens is 2. The van der Waals surface area contributed by atoms with E-state index in [1.807, 2.05) is 20.8 Å². The minimum absolute atomic E-state index is 0.0896. The van der Waals surface area contributed by atoms with Crippen LogP contribution in [0.1, 0.15) is 39.8 Å². The van der Waals surface area contributed by atoms with Crippen LogP contribution in [-0.4, -0.2) is 60.5 Å². The molecule has 1 aliphatic rings. The maximum Gasteiger partial charge on any atom is 0.343 e. The quantitative estimate of drug-likeness (QED) is 0.602. The molecule has 0 fully saturated rings. The van der Waals surface area contributed by atoms with Crippen LogP contribution in [0.25, 0.3) is 11.3 Å². The van der Waals surface area contributed by atoms with Gasteiger partial charge in [-0.25, -0.2) is 13.6 Å². The normalized spacial score (nSPS) is 14.2. The molecule has 1 aliphatic heterocycles. The van der Waals surface area contributed by atoms with Crippen LogP contribution in [-0.2, 0) is 20.7 Å². The van der Waals surface area contributed by atoms with E-state index in [4.69, 9.17) is 4.74 Å². The number of anilines is 1. The molecule has 1 unspecified atom stereocenters. The van der Waals surface area contributed by atoms with Crippen LogP contribution < -0.4 is 15.5 Å². The number of aromatic nitrogens is 2. The van der Waals surface area contributed by atoms with E-state index in [-0.39, 0.29) is 30.3 Å². The number of ether oxygens (including phenoxy) is 1. The summed E-state index contributed by atoms with van der Waals surface area (Å²) in [6.07, 6.45) is 1.08. The van der Waals surface area contributed by atoms with Gasteiger partial charge in [0.15, 0.2) is 11.6 Å². The Morgan fingerprint density at radius 1 is 1.20 bits per heavy atom. The van der Waals surface area contributed by atoms with Crippen molar-refractivity contribution in [2.75, 3.05) is 31.6 Å². The van der Waals surface area contributed by atoms with Crippen molar-refractivity contribution in [2.45, 2.75) is 46.6 Å². The van der Waals surface area contributed by atoms with Crippen LogP contribution >= 0.6 is 0 Å². The van der Waals surface area contributed by atoms with E-state index < -0.39 is 35.1 Å².